The third kappa shape index (κ3) is 12.1. The molecule has 5 nitrogen and oxygen atoms in total. The van der Waals surface area contributed by atoms with Gasteiger partial charge in [-0.2, -0.15) is 0 Å². The molecule has 0 aliphatic carbocycles. The van der Waals surface area contributed by atoms with Crippen molar-refractivity contribution < 1.29 is 13.5 Å². The summed E-state index contributed by atoms with van der Waals surface area (Å²) in [6.07, 6.45) is 0.733. The predicted octanol–water partition coefficient (Wildman–Crippen LogP) is -0.288. The molecule has 0 heterocycles. The first-order chi connectivity index (χ1) is 7.49. The molecule has 0 spiro atoms. The Morgan fingerprint density at radius 3 is 2.29 bits per heavy atom. The summed E-state index contributed by atoms with van der Waals surface area (Å²) >= 11 is 0. The monoisotopic (exact) mass is 266 g/mol. The van der Waals surface area contributed by atoms with E-state index in [0.717, 1.165) is 0 Å². The Balaban J connectivity index is 3.84. The van der Waals surface area contributed by atoms with Gasteiger partial charge >= 0.3 is 0 Å². The third-order valence-electron chi connectivity index (χ3n) is 2.23. The molecule has 0 fully saturated rings. The van der Waals surface area contributed by atoms with Gasteiger partial charge in [-0.1, -0.05) is 0 Å². The molecule has 6 heteroatoms. The van der Waals surface area contributed by atoms with E-state index in [9.17, 15) is 13.5 Å². The van der Waals surface area contributed by atoms with Gasteiger partial charge in [0, 0.05) is 31.4 Å². The lowest BCUT2D eigenvalue weighted by Crippen LogP contribution is -2.44. The van der Waals surface area contributed by atoms with Crippen LogP contribution in [-0.2, 0) is 9.84 Å². The summed E-state index contributed by atoms with van der Waals surface area (Å²) in [4.78, 5) is 1.83. The van der Waals surface area contributed by atoms with Crippen molar-refractivity contribution in [3.63, 3.8) is 0 Å². The van der Waals surface area contributed by atoms with Crippen LogP contribution in [0.3, 0.4) is 0 Å². The van der Waals surface area contributed by atoms with E-state index in [-0.39, 0.29) is 11.3 Å². The maximum atomic E-state index is 11.0. The normalized spacial score (nSPS) is 15.2. The minimum Gasteiger partial charge on any atom is -0.390 e. The molecule has 0 amide bonds. The van der Waals surface area contributed by atoms with Crippen molar-refractivity contribution in [2.45, 2.75) is 32.4 Å². The van der Waals surface area contributed by atoms with Crippen LogP contribution in [0.5, 0.6) is 0 Å². The minimum atomic E-state index is -2.93. The quantitative estimate of drug-likeness (QED) is 0.663. The summed E-state index contributed by atoms with van der Waals surface area (Å²) in [6.45, 7) is 7.53. The van der Waals surface area contributed by atoms with Crippen molar-refractivity contribution in [1.82, 2.24) is 10.2 Å². The molecule has 0 aliphatic rings. The molecule has 104 valence electrons. The first-order valence-corrected chi connectivity index (χ1v) is 7.85. The zero-order valence-electron chi connectivity index (χ0n) is 11.5. The Bertz CT molecular complexity index is 309. The number of nitrogens with one attached hydrogen (secondary N) is 1. The van der Waals surface area contributed by atoms with Gasteiger partial charge in [-0.15, -0.1) is 0 Å². The third-order valence-corrected chi connectivity index (χ3v) is 3.16. The van der Waals surface area contributed by atoms with E-state index in [4.69, 9.17) is 0 Å². The molecule has 0 radical (unpaired) electrons. The summed E-state index contributed by atoms with van der Waals surface area (Å²) in [7, 11) is -1.12. The largest absolute Gasteiger partial charge is 0.390 e. The standard InChI is InChI=1S/C11H26N2O3S/c1-11(2,3)12-8-10(14)9-13(4)6-7-17(5,15)16/h10,12,14H,6-9H2,1-5H3. The van der Waals surface area contributed by atoms with Crippen molar-refractivity contribution in [2.75, 3.05) is 38.7 Å². The van der Waals surface area contributed by atoms with Crippen LogP contribution in [0, 0.1) is 0 Å². The highest BCUT2D eigenvalue weighted by Crippen LogP contribution is 1.99. The molecule has 0 rings (SSSR count). The Morgan fingerprint density at radius 2 is 1.88 bits per heavy atom. The number of hydrogen-bond acceptors (Lipinski definition) is 5. The minimum absolute atomic E-state index is 0.0215. The number of sulfone groups is 1. The van der Waals surface area contributed by atoms with E-state index in [1.54, 1.807) is 0 Å². The lowest BCUT2D eigenvalue weighted by atomic mass is 10.1. The first kappa shape index (κ1) is 16.8. The maximum Gasteiger partial charge on any atom is 0.148 e. The molecule has 0 aromatic carbocycles. The zero-order chi connectivity index (χ0) is 13.7. The summed E-state index contributed by atoms with van der Waals surface area (Å²) in [5, 5.41) is 13.0. The molecule has 0 saturated heterocycles. The molecule has 0 bridgehead atoms. The van der Waals surface area contributed by atoms with Crippen molar-refractivity contribution in [1.29, 1.82) is 0 Å². The highest BCUT2D eigenvalue weighted by molar-refractivity contribution is 7.90. The summed E-state index contributed by atoms with van der Waals surface area (Å²) < 4.78 is 22.0. The number of rotatable bonds is 7. The molecule has 17 heavy (non-hydrogen) atoms. The zero-order valence-corrected chi connectivity index (χ0v) is 12.3. The van der Waals surface area contributed by atoms with E-state index in [2.05, 4.69) is 5.32 Å². The van der Waals surface area contributed by atoms with Crippen molar-refractivity contribution >= 4 is 9.84 Å². The fourth-order valence-electron chi connectivity index (χ4n) is 1.26. The fraction of sp³-hybridized carbons (Fsp3) is 1.00. The fourth-order valence-corrected chi connectivity index (χ4v) is 1.90. The molecule has 0 saturated carbocycles. The Morgan fingerprint density at radius 1 is 1.35 bits per heavy atom. The van der Waals surface area contributed by atoms with Crippen LogP contribution < -0.4 is 5.32 Å². The molecule has 1 unspecified atom stereocenters. The van der Waals surface area contributed by atoms with E-state index >= 15 is 0 Å². The van der Waals surface area contributed by atoms with Crippen molar-refractivity contribution in [3.8, 4) is 0 Å². The van der Waals surface area contributed by atoms with Gasteiger partial charge < -0.3 is 15.3 Å². The van der Waals surface area contributed by atoms with Crippen LogP contribution in [0.15, 0.2) is 0 Å². The molecular weight excluding hydrogens is 240 g/mol. The number of β-amino-alcohol motifs (C(OH)–C–C–N with tert-alkyl or cyclic N) is 1. The van der Waals surface area contributed by atoms with Crippen LogP contribution in [-0.4, -0.2) is 68.8 Å². The highest BCUT2D eigenvalue weighted by atomic mass is 32.2. The Kier molecular flexibility index (Phi) is 6.61. The average molecular weight is 266 g/mol. The second-order valence-electron chi connectivity index (χ2n) is 5.68. The first-order valence-electron chi connectivity index (χ1n) is 5.79. The van der Waals surface area contributed by atoms with Crippen molar-refractivity contribution in [2.24, 2.45) is 0 Å². The van der Waals surface area contributed by atoms with Gasteiger partial charge in [0.2, 0.25) is 0 Å². The Labute approximate surface area is 105 Å². The molecule has 2 N–H and O–H groups in total. The summed E-state index contributed by atoms with van der Waals surface area (Å²) in [5.74, 6) is 0.128. The highest BCUT2D eigenvalue weighted by Gasteiger charge is 2.14. The van der Waals surface area contributed by atoms with Gasteiger partial charge in [0.25, 0.3) is 0 Å². The van der Waals surface area contributed by atoms with E-state index in [1.807, 2.05) is 32.7 Å². The number of aliphatic hydroxyl groups is 1. The van der Waals surface area contributed by atoms with Gasteiger partial charge in [0.1, 0.15) is 9.84 Å². The number of likely N-dealkylation sites (N-methyl/N-ethyl adjacent to an activating group) is 1. The number of nitrogens with zero attached hydrogens (tertiary/aromatic N) is 1. The smallest absolute Gasteiger partial charge is 0.148 e. The summed E-state index contributed by atoms with van der Waals surface area (Å²) in [6, 6.07) is 0. The lowest BCUT2D eigenvalue weighted by Gasteiger charge is -2.25. The van der Waals surface area contributed by atoms with Gasteiger partial charge in [-0.05, 0) is 27.8 Å². The molecule has 0 aliphatic heterocycles. The van der Waals surface area contributed by atoms with E-state index < -0.39 is 15.9 Å². The number of aliphatic hydroxyl groups excluding tert-OH is 1. The second-order valence-corrected chi connectivity index (χ2v) is 7.94. The second kappa shape index (κ2) is 6.68. The molecule has 0 aromatic heterocycles. The molecule has 0 aromatic rings. The summed E-state index contributed by atoms with van der Waals surface area (Å²) in [5.41, 5.74) is -0.0215. The average Bonchev–Trinajstić information content (AvgIpc) is 2.09. The van der Waals surface area contributed by atoms with Crippen LogP contribution >= 0.6 is 0 Å². The topological polar surface area (TPSA) is 69.6 Å². The predicted molar refractivity (Wildman–Crippen MR) is 71.0 cm³/mol. The van der Waals surface area contributed by atoms with Gasteiger partial charge in [-0.3, -0.25) is 0 Å². The molecular formula is C11H26N2O3S. The Hall–Kier alpha value is -0.170. The van der Waals surface area contributed by atoms with E-state index in [1.165, 1.54) is 6.26 Å². The van der Waals surface area contributed by atoms with E-state index in [0.29, 0.717) is 19.6 Å². The van der Waals surface area contributed by atoms with Crippen molar-refractivity contribution in [3.05, 3.63) is 0 Å². The van der Waals surface area contributed by atoms with Gasteiger partial charge in [0.05, 0.1) is 11.9 Å². The number of hydrogen-bond donors (Lipinski definition) is 2. The van der Waals surface area contributed by atoms with Crippen LogP contribution in [0.4, 0.5) is 0 Å². The molecule has 1 atom stereocenters. The van der Waals surface area contributed by atoms with Crippen LogP contribution in [0.25, 0.3) is 0 Å². The van der Waals surface area contributed by atoms with Gasteiger partial charge in [-0.25, -0.2) is 8.42 Å². The lowest BCUT2D eigenvalue weighted by molar-refractivity contribution is 0.119. The van der Waals surface area contributed by atoms with Crippen LogP contribution in [0.1, 0.15) is 20.8 Å². The van der Waals surface area contributed by atoms with Gasteiger partial charge in [0.15, 0.2) is 0 Å². The SMILES string of the molecule is CN(CCS(C)(=O)=O)CC(O)CNC(C)(C)C. The maximum absolute atomic E-state index is 11.0. The van der Waals surface area contributed by atoms with Crippen LogP contribution in [0.2, 0.25) is 0 Å².